The molecule has 1 N–H and O–H groups in total. The van der Waals surface area contributed by atoms with Crippen molar-refractivity contribution in [2.75, 3.05) is 5.32 Å². The van der Waals surface area contributed by atoms with Crippen LogP contribution >= 0.6 is 0 Å². The number of fused-ring (bicyclic) bond motifs is 1. The van der Waals surface area contributed by atoms with Crippen molar-refractivity contribution >= 4 is 17.2 Å². The standard InChI is InChI=1S/C21H18N4O/c1-15-14-25-11-8-18(13-20(25)23-15)21(26)24-19-4-2-16(3-5-19)12-17-6-9-22-10-7-17/h2-11,13-14H,12H2,1H3,(H,24,26). The molecule has 0 atom stereocenters. The van der Waals surface area contributed by atoms with Gasteiger partial charge in [-0.05, 0) is 60.9 Å². The van der Waals surface area contributed by atoms with Gasteiger partial charge in [-0.15, -0.1) is 0 Å². The van der Waals surface area contributed by atoms with E-state index in [4.69, 9.17) is 0 Å². The first-order valence-electron chi connectivity index (χ1n) is 8.42. The molecule has 0 fully saturated rings. The predicted molar refractivity (Wildman–Crippen MR) is 101 cm³/mol. The summed E-state index contributed by atoms with van der Waals surface area (Å²) in [6.45, 7) is 1.93. The van der Waals surface area contributed by atoms with Crippen molar-refractivity contribution in [3.63, 3.8) is 0 Å². The Morgan fingerprint density at radius 3 is 2.54 bits per heavy atom. The Kier molecular flexibility index (Phi) is 4.19. The molecule has 0 saturated heterocycles. The third-order valence-corrected chi connectivity index (χ3v) is 4.21. The molecule has 0 unspecified atom stereocenters. The number of hydrogen-bond donors (Lipinski definition) is 1. The lowest BCUT2D eigenvalue weighted by molar-refractivity contribution is 0.102. The maximum absolute atomic E-state index is 12.5. The summed E-state index contributed by atoms with van der Waals surface area (Å²) in [5.74, 6) is -0.143. The fourth-order valence-corrected chi connectivity index (χ4v) is 2.90. The molecule has 0 aliphatic carbocycles. The van der Waals surface area contributed by atoms with E-state index in [2.05, 4.69) is 15.3 Å². The van der Waals surface area contributed by atoms with Gasteiger partial charge in [-0.25, -0.2) is 4.98 Å². The topological polar surface area (TPSA) is 59.3 Å². The van der Waals surface area contributed by atoms with Gasteiger partial charge in [0.25, 0.3) is 5.91 Å². The molecule has 4 rings (SSSR count). The van der Waals surface area contributed by atoms with Gasteiger partial charge in [0.2, 0.25) is 0 Å². The van der Waals surface area contributed by atoms with E-state index in [1.807, 2.05) is 60.1 Å². The van der Waals surface area contributed by atoms with Gasteiger partial charge in [-0.3, -0.25) is 9.78 Å². The largest absolute Gasteiger partial charge is 0.322 e. The maximum atomic E-state index is 12.5. The van der Waals surface area contributed by atoms with Crippen LogP contribution in [0.15, 0.2) is 73.3 Å². The summed E-state index contributed by atoms with van der Waals surface area (Å²) in [7, 11) is 0. The first-order chi connectivity index (χ1) is 12.7. The van der Waals surface area contributed by atoms with Gasteiger partial charge in [0.1, 0.15) is 5.65 Å². The van der Waals surface area contributed by atoms with E-state index in [0.29, 0.717) is 5.56 Å². The Labute approximate surface area is 151 Å². The minimum atomic E-state index is -0.143. The average molecular weight is 342 g/mol. The third kappa shape index (κ3) is 3.47. The summed E-state index contributed by atoms with van der Waals surface area (Å²) in [5, 5.41) is 2.93. The first kappa shape index (κ1) is 16.0. The fraction of sp³-hybridized carbons (Fsp3) is 0.0952. The third-order valence-electron chi connectivity index (χ3n) is 4.21. The molecule has 5 nitrogen and oxygen atoms in total. The summed E-state index contributed by atoms with van der Waals surface area (Å²) >= 11 is 0. The zero-order valence-corrected chi connectivity index (χ0v) is 14.4. The van der Waals surface area contributed by atoms with Crippen molar-refractivity contribution in [3.8, 4) is 0 Å². The highest BCUT2D eigenvalue weighted by molar-refractivity contribution is 6.04. The van der Waals surface area contributed by atoms with Crippen LogP contribution in [0.5, 0.6) is 0 Å². The number of anilines is 1. The normalized spacial score (nSPS) is 10.8. The molecule has 0 aliphatic rings. The molecule has 0 bridgehead atoms. The van der Waals surface area contributed by atoms with E-state index >= 15 is 0 Å². The molecule has 0 aliphatic heterocycles. The highest BCUT2D eigenvalue weighted by atomic mass is 16.1. The van der Waals surface area contributed by atoms with E-state index in [-0.39, 0.29) is 5.91 Å². The van der Waals surface area contributed by atoms with E-state index < -0.39 is 0 Å². The highest BCUT2D eigenvalue weighted by Crippen LogP contribution is 2.15. The van der Waals surface area contributed by atoms with Gasteiger partial charge in [-0.1, -0.05) is 12.1 Å². The van der Waals surface area contributed by atoms with E-state index in [9.17, 15) is 4.79 Å². The molecule has 5 heteroatoms. The van der Waals surface area contributed by atoms with Gasteiger partial charge >= 0.3 is 0 Å². The van der Waals surface area contributed by atoms with Crippen LogP contribution in [0.4, 0.5) is 5.69 Å². The monoisotopic (exact) mass is 342 g/mol. The quantitative estimate of drug-likeness (QED) is 0.612. The number of carbonyl (C=O) groups excluding carboxylic acids is 1. The molecular formula is C21H18N4O. The summed E-state index contributed by atoms with van der Waals surface area (Å²) in [6, 6.07) is 15.5. The van der Waals surface area contributed by atoms with Gasteiger partial charge in [0.15, 0.2) is 0 Å². The lowest BCUT2D eigenvalue weighted by Crippen LogP contribution is -2.12. The summed E-state index contributed by atoms with van der Waals surface area (Å²) in [6.07, 6.45) is 8.21. The van der Waals surface area contributed by atoms with Crippen molar-refractivity contribution in [1.82, 2.24) is 14.4 Å². The molecule has 0 saturated carbocycles. The number of rotatable bonds is 4. The smallest absolute Gasteiger partial charge is 0.255 e. The number of nitrogens with one attached hydrogen (secondary N) is 1. The van der Waals surface area contributed by atoms with Crippen LogP contribution in [0.1, 0.15) is 27.2 Å². The Hall–Kier alpha value is -3.47. The summed E-state index contributed by atoms with van der Waals surface area (Å²) in [5.41, 5.74) is 5.44. The summed E-state index contributed by atoms with van der Waals surface area (Å²) < 4.78 is 1.90. The van der Waals surface area contributed by atoms with Crippen molar-refractivity contribution in [2.24, 2.45) is 0 Å². The van der Waals surface area contributed by atoms with Crippen LogP contribution in [0.25, 0.3) is 5.65 Å². The van der Waals surface area contributed by atoms with Crippen molar-refractivity contribution < 1.29 is 4.79 Å². The second kappa shape index (κ2) is 6.80. The summed E-state index contributed by atoms with van der Waals surface area (Å²) in [4.78, 5) is 20.9. The molecule has 1 aromatic carbocycles. The van der Waals surface area contributed by atoms with Crippen LogP contribution in [0.2, 0.25) is 0 Å². The van der Waals surface area contributed by atoms with E-state index in [1.54, 1.807) is 24.5 Å². The molecular weight excluding hydrogens is 324 g/mol. The minimum Gasteiger partial charge on any atom is -0.322 e. The van der Waals surface area contributed by atoms with Crippen LogP contribution in [-0.4, -0.2) is 20.3 Å². The number of benzene rings is 1. The minimum absolute atomic E-state index is 0.143. The number of aromatic nitrogens is 3. The van der Waals surface area contributed by atoms with Gasteiger partial charge in [-0.2, -0.15) is 0 Å². The number of amides is 1. The fourth-order valence-electron chi connectivity index (χ4n) is 2.90. The van der Waals surface area contributed by atoms with E-state index in [0.717, 1.165) is 23.4 Å². The molecule has 4 aromatic rings. The molecule has 26 heavy (non-hydrogen) atoms. The zero-order valence-electron chi connectivity index (χ0n) is 14.4. The van der Waals surface area contributed by atoms with Crippen molar-refractivity contribution in [2.45, 2.75) is 13.3 Å². The molecule has 0 spiro atoms. The Morgan fingerprint density at radius 2 is 1.77 bits per heavy atom. The van der Waals surface area contributed by atoms with Gasteiger partial charge in [0, 0.05) is 36.0 Å². The second-order valence-electron chi connectivity index (χ2n) is 6.25. The van der Waals surface area contributed by atoms with Crippen molar-refractivity contribution in [1.29, 1.82) is 0 Å². The zero-order chi connectivity index (χ0) is 17.9. The number of aryl methyl sites for hydroxylation is 1. The lowest BCUT2D eigenvalue weighted by atomic mass is 10.1. The van der Waals surface area contributed by atoms with Gasteiger partial charge in [0.05, 0.1) is 5.69 Å². The SMILES string of the molecule is Cc1cn2ccc(C(=O)Nc3ccc(Cc4ccncc4)cc3)cc2n1. The Balaban J connectivity index is 1.46. The predicted octanol–water partition coefficient (Wildman–Crippen LogP) is 3.88. The average Bonchev–Trinajstić information content (AvgIpc) is 3.03. The molecule has 128 valence electrons. The molecule has 3 aromatic heterocycles. The number of hydrogen-bond acceptors (Lipinski definition) is 3. The van der Waals surface area contributed by atoms with Crippen LogP contribution in [0, 0.1) is 6.92 Å². The van der Waals surface area contributed by atoms with Crippen LogP contribution in [0.3, 0.4) is 0 Å². The van der Waals surface area contributed by atoms with Crippen LogP contribution in [-0.2, 0) is 6.42 Å². The maximum Gasteiger partial charge on any atom is 0.255 e. The number of imidazole rings is 1. The molecule has 1 amide bonds. The Bertz CT molecular complexity index is 1050. The van der Waals surface area contributed by atoms with Crippen LogP contribution < -0.4 is 5.32 Å². The number of carbonyl (C=O) groups is 1. The van der Waals surface area contributed by atoms with Crippen molar-refractivity contribution in [3.05, 3.63) is 95.7 Å². The number of pyridine rings is 2. The van der Waals surface area contributed by atoms with E-state index in [1.165, 1.54) is 11.1 Å². The lowest BCUT2D eigenvalue weighted by Gasteiger charge is -2.07. The Morgan fingerprint density at radius 1 is 1.04 bits per heavy atom. The number of nitrogens with zero attached hydrogens (tertiary/aromatic N) is 3. The second-order valence-corrected chi connectivity index (χ2v) is 6.25. The van der Waals surface area contributed by atoms with Gasteiger partial charge < -0.3 is 9.72 Å². The highest BCUT2D eigenvalue weighted by Gasteiger charge is 2.08. The molecule has 3 heterocycles. The molecule has 0 radical (unpaired) electrons. The first-order valence-corrected chi connectivity index (χ1v) is 8.42.